The van der Waals surface area contributed by atoms with Gasteiger partial charge in [0, 0.05) is 44.8 Å². The molecule has 2 aliphatic heterocycles. The number of halogens is 6. The lowest BCUT2D eigenvalue weighted by Crippen LogP contribution is -2.51. The number of rotatable bonds is 7. The molecule has 0 unspecified atom stereocenters. The van der Waals surface area contributed by atoms with Crippen molar-refractivity contribution in [2.24, 2.45) is 0 Å². The molecule has 0 saturated carbocycles. The van der Waals surface area contributed by atoms with E-state index in [1.807, 2.05) is 0 Å². The van der Waals surface area contributed by atoms with E-state index in [1.54, 1.807) is 9.80 Å². The summed E-state index contributed by atoms with van der Waals surface area (Å²) in [7, 11) is 0. The molecular formula is C22H24F6N6O3. The standard InChI is InChI=1S/C22H24F6N6O3/c23-21(24,25)14-9-30-20(31-10-14)33-5-4-32(18(35)12-33)6-7-37-13-15-2-1-3-34(15)16-8-17(22(26,27)28)19(36)29-11-16/h8-11,15H,1-7,12-13H2,(H,29,36)/t15-/m1/s1. The first-order chi connectivity index (χ1) is 17.4. The van der Waals surface area contributed by atoms with Gasteiger partial charge >= 0.3 is 12.4 Å². The minimum Gasteiger partial charge on any atom is -0.377 e. The normalized spacial score (nSPS) is 19.1. The molecular weight excluding hydrogens is 510 g/mol. The van der Waals surface area contributed by atoms with Crippen LogP contribution < -0.4 is 15.4 Å². The van der Waals surface area contributed by atoms with Crippen LogP contribution >= 0.6 is 0 Å². The molecule has 0 aliphatic carbocycles. The Morgan fingerprint density at radius 1 is 1.03 bits per heavy atom. The zero-order valence-corrected chi connectivity index (χ0v) is 19.5. The van der Waals surface area contributed by atoms with E-state index in [9.17, 15) is 35.9 Å². The van der Waals surface area contributed by atoms with E-state index in [4.69, 9.17) is 4.74 Å². The van der Waals surface area contributed by atoms with Crippen LogP contribution in [0.15, 0.2) is 29.5 Å². The zero-order chi connectivity index (χ0) is 26.8. The van der Waals surface area contributed by atoms with E-state index in [2.05, 4.69) is 15.0 Å². The molecule has 1 atom stereocenters. The Hall–Kier alpha value is -3.36. The monoisotopic (exact) mass is 534 g/mol. The number of carbonyl (C=O) groups excluding carboxylic acids is 1. The second kappa shape index (κ2) is 10.6. The Kier molecular flexibility index (Phi) is 7.62. The van der Waals surface area contributed by atoms with Gasteiger partial charge in [0.05, 0.1) is 37.1 Å². The number of nitrogens with one attached hydrogen (secondary N) is 1. The number of piperazine rings is 1. The van der Waals surface area contributed by atoms with Gasteiger partial charge in [0.2, 0.25) is 11.9 Å². The highest BCUT2D eigenvalue weighted by molar-refractivity contribution is 5.82. The number of carbonyl (C=O) groups is 1. The molecule has 15 heteroatoms. The first-order valence-corrected chi connectivity index (χ1v) is 11.5. The molecule has 4 heterocycles. The second-order valence-electron chi connectivity index (χ2n) is 8.73. The third kappa shape index (κ3) is 6.32. The number of alkyl halides is 6. The number of H-pyrrole nitrogens is 1. The number of amides is 1. The van der Waals surface area contributed by atoms with Crippen LogP contribution in [-0.2, 0) is 21.9 Å². The number of hydrogen-bond donors (Lipinski definition) is 1. The van der Waals surface area contributed by atoms with E-state index in [0.717, 1.165) is 12.5 Å². The van der Waals surface area contributed by atoms with Crippen LogP contribution in [0.5, 0.6) is 0 Å². The van der Waals surface area contributed by atoms with Crippen molar-refractivity contribution >= 4 is 17.5 Å². The molecule has 0 aromatic carbocycles. The Labute approximate surface area is 207 Å². The van der Waals surface area contributed by atoms with Crippen molar-refractivity contribution in [3.8, 4) is 0 Å². The Morgan fingerprint density at radius 3 is 2.41 bits per heavy atom. The first kappa shape index (κ1) is 26.7. The highest BCUT2D eigenvalue weighted by Crippen LogP contribution is 2.31. The highest BCUT2D eigenvalue weighted by atomic mass is 19.4. The molecule has 0 spiro atoms. The molecule has 0 bridgehead atoms. The van der Waals surface area contributed by atoms with Gasteiger partial charge in [0.1, 0.15) is 5.56 Å². The highest BCUT2D eigenvalue weighted by Gasteiger charge is 2.36. The van der Waals surface area contributed by atoms with E-state index in [0.29, 0.717) is 38.4 Å². The average molecular weight is 534 g/mol. The lowest BCUT2D eigenvalue weighted by atomic mass is 10.2. The van der Waals surface area contributed by atoms with Crippen molar-refractivity contribution in [1.82, 2.24) is 19.9 Å². The van der Waals surface area contributed by atoms with Gasteiger partial charge in [0.15, 0.2) is 0 Å². The van der Waals surface area contributed by atoms with E-state index >= 15 is 0 Å². The molecule has 9 nitrogen and oxygen atoms in total. The van der Waals surface area contributed by atoms with Crippen LogP contribution in [0, 0.1) is 0 Å². The fourth-order valence-corrected chi connectivity index (χ4v) is 4.34. The van der Waals surface area contributed by atoms with Crippen LogP contribution in [0.25, 0.3) is 0 Å². The molecule has 2 aliphatic rings. The summed E-state index contributed by atoms with van der Waals surface area (Å²) in [5, 5.41) is 0. The van der Waals surface area contributed by atoms with Crippen molar-refractivity contribution in [1.29, 1.82) is 0 Å². The largest absolute Gasteiger partial charge is 0.421 e. The van der Waals surface area contributed by atoms with Crippen LogP contribution in [-0.4, -0.2) is 77.7 Å². The number of ether oxygens (including phenoxy) is 1. The molecule has 2 fully saturated rings. The van der Waals surface area contributed by atoms with Gasteiger partial charge in [-0.3, -0.25) is 9.59 Å². The predicted octanol–water partition coefficient (Wildman–Crippen LogP) is 2.54. The van der Waals surface area contributed by atoms with Gasteiger partial charge in [0.25, 0.3) is 5.56 Å². The molecule has 0 radical (unpaired) electrons. The zero-order valence-electron chi connectivity index (χ0n) is 19.5. The summed E-state index contributed by atoms with van der Waals surface area (Å²) >= 11 is 0. The minimum atomic E-state index is -4.76. The van der Waals surface area contributed by atoms with E-state index < -0.39 is 29.0 Å². The fraction of sp³-hybridized carbons (Fsp3) is 0.545. The smallest absolute Gasteiger partial charge is 0.377 e. The minimum absolute atomic E-state index is 0.0366. The number of aromatic nitrogens is 3. The Morgan fingerprint density at radius 2 is 1.76 bits per heavy atom. The molecule has 1 amide bonds. The third-order valence-electron chi connectivity index (χ3n) is 6.28. The molecule has 2 saturated heterocycles. The van der Waals surface area contributed by atoms with Gasteiger partial charge in [-0.2, -0.15) is 26.3 Å². The number of nitrogens with zero attached hydrogens (tertiary/aromatic N) is 5. The summed E-state index contributed by atoms with van der Waals surface area (Å²) in [6.45, 7) is 1.78. The van der Waals surface area contributed by atoms with Crippen LogP contribution in [0.4, 0.5) is 38.0 Å². The number of aromatic amines is 1. The summed E-state index contributed by atoms with van der Waals surface area (Å²) in [6.07, 6.45) is -5.24. The Bertz CT molecular complexity index is 1150. The van der Waals surface area contributed by atoms with E-state index in [1.165, 1.54) is 11.1 Å². The number of hydrogen-bond acceptors (Lipinski definition) is 7. The van der Waals surface area contributed by atoms with E-state index in [-0.39, 0.29) is 49.9 Å². The predicted molar refractivity (Wildman–Crippen MR) is 119 cm³/mol. The summed E-state index contributed by atoms with van der Waals surface area (Å²) in [5.41, 5.74) is -3.16. The van der Waals surface area contributed by atoms with Crippen LogP contribution in [0.2, 0.25) is 0 Å². The van der Waals surface area contributed by atoms with Gasteiger partial charge in [-0.25, -0.2) is 9.97 Å². The van der Waals surface area contributed by atoms with Crippen molar-refractivity contribution in [2.75, 3.05) is 55.7 Å². The summed E-state index contributed by atoms with van der Waals surface area (Å²) in [6, 6.07) is 0.659. The molecule has 4 rings (SSSR count). The fourth-order valence-electron chi connectivity index (χ4n) is 4.34. The van der Waals surface area contributed by atoms with Gasteiger partial charge in [-0.15, -0.1) is 0 Å². The molecule has 37 heavy (non-hydrogen) atoms. The summed E-state index contributed by atoms with van der Waals surface area (Å²) in [4.78, 5) is 38.4. The topological polar surface area (TPSA) is 94.7 Å². The SMILES string of the molecule is O=C1CN(c2ncc(C(F)(F)F)cn2)CCN1CCOC[C@H]1CCCN1c1c[nH]c(=O)c(C(F)(F)F)c1. The maximum Gasteiger partial charge on any atom is 0.421 e. The average Bonchev–Trinajstić information content (AvgIpc) is 3.30. The van der Waals surface area contributed by atoms with Gasteiger partial charge < -0.3 is 24.4 Å². The summed E-state index contributed by atoms with van der Waals surface area (Å²) in [5.74, 6) is -0.219. The van der Waals surface area contributed by atoms with Crippen LogP contribution in [0.3, 0.4) is 0 Å². The summed E-state index contributed by atoms with van der Waals surface area (Å²) < 4.78 is 83.1. The molecule has 1 N–H and O–H groups in total. The van der Waals surface area contributed by atoms with Gasteiger partial charge in [-0.1, -0.05) is 0 Å². The van der Waals surface area contributed by atoms with Crippen molar-refractivity contribution in [3.63, 3.8) is 0 Å². The first-order valence-electron chi connectivity index (χ1n) is 11.5. The van der Waals surface area contributed by atoms with Crippen LogP contribution in [0.1, 0.15) is 24.0 Å². The number of anilines is 2. The van der Waals surface area contributed by atoms with Crippen molar-refractivity contribution in [2.45, 2.75) is 31.2 Å². The molecule has 202 valence electrons. The molecule has 2 aromatic heterocycles. The third-order valence-corrected chi connectivity index (χ3v) is 6.28. The lowest BCUT2D eigenvalue weighted by molar-refractivity contribution is -0.139. The second-order valence-corrected chi connectivity index (χ2v) is 8.73. The van der Waals surface area contributed by atoms with Crippen molar-refractivity contribution in [3.05, 3.63) is 46.1 Å². The maximum absolute atomic E-state index is 13.1. The quantitative estimate of drug-likeness (QED) is 0.431. The number of pyridine rings is 1. The van der Waals surface area contributed by atoms with Crippen molar-refractivity contribution < 1.29 is 35.9 Å². The lowest BCUT2D eigenvalue weighted by Gasteiger charge is -2.34. The van der Waals surface area contributed by atoms with Gasteiger partial charge in [-0.05, 0) is 18.9 Å². The maximum atomic E-state index is 13.1. The Balaban J connectivity index is 1.25. The molecule has 2 aromatic rings.